The third kappa shape index (κ3) is 4.55. The van der Waals surface area contributed by atoms with Gasteiger partial charge in [-0.1, -0.05) is 46.0 Å². The van der Waals surface area contributed by atoms with Gasteiger partial charge in [-0.2, -0.15) is 0 Å². The van der Waals surface area contributed by atoms with Gasteiger partial charge in [0.05, 0.1) is 0 Å². The maximum atomic E-state index is 3.48. The van der Waals surface area contributed by atoms with E-state index in [0.29, 0.717) is 0 Å². The van der Waals surface area contributed by atoms with Gasteiger partial charge in [0.1, 0.15) is 0 Å². The van der Waals surface area contributed by atoms with Crippen LogP contribution in [0.25, 0.3) is 0 Å². The molecule has 0 bridgehead atoms. The van der Waals surface area contributed by atoms with Gasteiger partial charge in [-0.05, 0) is 38.1 Å². The van der Waals surface area contributed by atoms with E-state index in [9.17, 15) is 0 Å². The Morgan fingerprint density at radius 2 is 2.07 bits per heavy atom. The van der Waals surface area contributed by atoms with E-state index in [1.54, 1.807) is 0 Å². The van der Waals surface area contributed by atoms with Crippen molar-refractivity contribution in [1.82, 2.24) is 5.32 Å². The summed E-state index contributed by atoms with van der Waals surface area (Å²) in [6, 6.07) is 0.823. The quantitative estimate of drug-likeness (QED) is 0.671. The van der Waals surface area contributed by atoms with Crippen LogP contribution in [-0.4, -0.2) is 13.1 Å². The molecule has 90 valence electrons. The largest absolute Gasteiger partial charge is 0.317 e. The molecule has 1 fully saturated rings. The molecule has 1 aliphatic carbocycles. The molecule has 1 saturated carbocycles. The molecular weight excluding hydrogens is 182 g/mol. The van der Waals surface area contributed by atoms with Gasteiger partial charge in [0.2, 0.25) is 0 Å². The summed E-state index contributed by atoms with van der Waals surface area (Å²) in [5, 5.41) is 3.48. The molecule has 1 rings (SSSR count). The summed E-state index contributed by atoms with van der Waals surface area (Å²) >= 11 is 0. The molecule has 0 spiro atoms. The lowest BCUT2D eigenvalue weighted by Gasteiger charge is -2.20. The minimum Gasteiger partial charge on any atom is -0.317 e. The fourth-order valence-electron chi connectivity index (χ4n) is 2.96. The summed E-state index contributed by atoms with van der Waals surface area (Å²) < 4.78 is 0. The van der Waals surface area contributed by atoms with E-state index in [0.717, 1.165) is 17.9 Å². The van der Waals surface area contributed by atoms with Crippen LogP contribution in [0.4, 0.5) is 0 Å². The second-order valence-electron chi connectivity index (χ2n) is 5.41. The fourth-order valence-corrected chi connectivity index (χ4v) is 2.96. The van der Waals surface area contributed by atoms with E-state index in [-0.39, 0.29) is 0 Å². The van der Waals surface area contributed by atoms with Gasteiger partial charge >= 0.3 is 0 Å². The Labute approximate surface area is 96.0 Å². The highest BCUT2D eigenvalue weighted by atomic mass is 14.9. The highest BCUT2D eigenvalue weighted by Crippen LogP contribution is 2.31. The Kier molecular flexibility index (Phi) is 6.31. The number of unbranched alkanes of at least 4 members (excludes halogenated alkanes) is 1. The van der Waals surface area contributed by atoms with Crippen molar-refractivity contribution in [3.05, 3.63) is 0 Å². The van der Waals surface area contributed by atoms with Crippen molar-refractivity contribution in [1.29, 1.82) is 0 Å². The van der Waals surface area contributed by atoms with Gasteiger partial charge in [0, 0.05) is 6.04 Å². The molecule has 0 radical (unpaired) electrons. The predicted octanol–water partition coefficient (Wildman–Crippen LogP) is 3.98. The van der Waals surface area contributed by atoms with Gasteiger partial charge < -0.3 is 5.32 Å². The molecule has 1 nitrogen and oxygen atoms in total. The van der Waals surface area contributed by atoms with E-state index in [1.165, 1.54) is 51.4 Å². The molecule has 1 N–H and O–H groups in total. The molecule has 0 aromatic carbocycles. The van der Waals surface area contributed by atoms with Crippen molar-refractivity contribution >= 4 is 0 Å². The van der Waals surface area contributed by atoms with Crippen molar-refractivity contribution in [2.75, 3.05) is 7.05 Å². The van der Waals surface area contributed by atoms with Crippen LogP contribution in [0.15, 0.2) is 0 Å². The van der Waals surface area contributed by atoms with E-state index in [2.05, 4.69) is 26.2 Å². The van der Waals surface area contributed by atoms with Crippen molar-refractivity contribution in [2.45, 2.75) is 71.3 Å². The summed E-state index contributed by atoms with van der Waals surface area (Å²) in [6.07, 6.45) is 11.4. The van der Waals surface area contributed by atoms with Gasteiger partial charge in [-0.3, -0.25) is 0 Å². The van der Waals surface area contributed by atoms with Gasteiger partial charge in [0.15, 0.2) is 0 Å². The maximum Gasteiger partial charge on any atom is 0.00923 e. The fraction of sp³-hybridized carbons (Fsp3) is 1.00. The molecule has 0 heterocycles. The van der Waals surface area contributed by atoms with Crippen LogP contribution in [0, 0.1) is 11.8 Å². The van der Waals surface area contributed by atoms with Gasteiger partial charge in [0.25, 0.3) is 0 Å². The highest BCUT2D eigenvalue weighted by molar-refractivity contribution is 4.82. The summed E-state index contributed by atoms with van der Waals surface area (Å²) in [6.45, 7) is 4.72. The second-order valence-corrected chi connectivity index (χ2v) is 5.41. The zero-order chi connectivity index (χ0) is 11.1. The molecule has 3 atom stereocenters. The summed E-state index contributed by atoms with van der Waals surface area (Å²) in [7, 11) is 2.13. The van der Waals surface area contributed by atoms with Crippen LogP contribution >= 0.6 is 0 Å². The number of rotatable bonds is 7. The second kappa shape index (κ2) is 7.27. The average Bonchev–Trinajstić information content (AvgIpc) is 2.70. The van der Waals surface area contributed by atoms with Crippen LogP contribution in [0.3, 0.4) is 0 Å². The summed E-state index contributed by atoms with van der Waals surface area (Å²) in [5.74, 6) is 1.92. The Morgan fingerprint density at radius 1 is 1.27 bits per heavy atom. The maximum absolute atomic E-state index is 3.48. The van der Waals surface area contributed by atoms with Crippen LogP contribution in [-0.2, 0) is 0 Å². The molecule has 1 heteroatoms. The smallest absolute Gasteiger partial charge is 0.00923 e. The van der Waals surface area contributed by atoms with Crippen LogP contribution in [0.5, 0.6) is 0 Å². The third-order valence-electron chi connectivity index (χ3n) is 4.11. The Balaban J connectivity index is 2.12. The van der Waals surface area contributed by atoms with Crippen LogP contribution < -0.4 is 5.32 Å². The topological polar surface area (TPSA) is 12.0 Å². The van der Waals surface area contributed by atoms with Crippen molar-refractivity contribution < 1.29 is 0 Å². The standard InChI is InChI=1S/C14H29N/c1-4-5-7-12(2)10-11-13-8-6-9-14(13)15-3/h12-15H,4-11H2,1-3H3. The molecule has 3 unspecified atom stereocenters. The minimum atomic E-state index is 0.823. The van der Waals surface area contributed by atoms with E-state index in [1.807, 2.05) is 0 Å². The summed E-state index contributed by atoms with van der Waals surface area (Å²) in [4.78, 5) is 0. The number of hydrogen-bond acceptors (Lipinski definition) is 1. The van der Waals surface area contributed by atoms with E-state index >= 15 is 0 Å². The molecule has 0 saturated heterocycles. The minimum absolute atomic E-state index is 0.823. The Bertz CT molecular complexity index is 155. The van der Waals surface area contributed by atoms with Crippen molar-refractivity contribution in [3.63, 3.8) is 0 Å². The first-order valence-corrected chi connectivity index (χ1v) is 6.95. The number of hydrogen-bond donors (Lipinski definition) is 1. The Hall–Kier alpha value is -0.0400. The zero-order valence-electron chi connectivity index (χ0n) is 10.9. The first-order valence-electron chi connectivity index (χ1n) is 6.95. The van der Waals surface area contributed by atoms with E-state index < -0.39 is 0 Å². The first-order chi connectivity index (χ1) is 7.27. The van der Waals surface area contributed by atoms with Gasteiger partial charge in [-0.25, -0.2) is 0 Å². The molecule has 0 aromatic rings. The SMILES string of the molecule is CCCCC(C)CCC1CCCC1NC. The molecule has 0 amide bonds. The van der Waals surface area contributed by atoms with E-state index in [4.69, 9.17) is 0 Å². The van der Waals surface area contributed by atoms with Crippen LogP contribution in [0.2, 0.25) is 0 Å². The number of nitrogens with one attached hydrogen (secondary N) is 1. The predicted molar refractivity (Wildman–Crippen MR) is 68.1 cm³/mol. The Morgan fingerprint density at radius 3 is 2.73 bits per heavy atom. The highest BCUT2D eigenvalue weighted by Gasteiger charge is 2.25. The van der Waals surface area contributed by atoms with Crippen LogP contribution in [0.1, 0.15) is 65.2 Å². The van der Waals surface area contributed by atoms with Crippen molar-refractivity contribution in [2.24, 2.45) is 11.8 Å². The third-order valence-corrected chi connectivity index (χ3v) is 4.11. The summed E-state index contributed by atoms with van der Waals surface area (Å²) in [5.41, 5.74) is 0. The lowest BCUT2D eigenvalue weighted by molar-refractivity contribution is 0.348. The lowest BCUT2D eigenvalue weighted by Crippen LogP contribution is -2.29. The molecule has 0 aliphatic heterocycles. The molecule has 15 heavy (non-hydrogen) atoms. The molecule has 0 aromatic heterocycles. The zero-order valence-corrected chi connectivity index (χ0v) is 10.9. The lowest BCUT2D eigenvalue weighted by atomic mass is 9.91. The normalized spacial score (nSPS) is 28.2. The molecule has 1 aliphatic rings. The molecular formula is C14H29N. The first kappa shape index (κ1) is 13.0. The van der Waals surface area contributed by atoms with Crippen molar-refractivity contribution in [3.8, 4) is 0 Å². The van der Waals surface area contributed by atoms with Gasteiger partial charge in [-0.15, -0.1) is 0 Å². The average molecular weight is 211 g/mol. The monoisotopic (exact) mass is 211 g/mol.